The molecule has 0 aromatic heterocycles. The van der Waals surface area contributed by atoms with Crippen molar-refractivity contribution in [1.29, 1.82) is 0 Å². The summed E-state index contributed by atoms with van der Waals surface area (Å²) >= 11 is 0. The molecule has 0 heterocycles. The van der Waals surface area contributed by atoms with Gasteiger partial charge in [-0.2, -0.15) is 0 Å². The molecule has 134 valence electrons. The van der Waals surface area contributed by atoms with Gasteiger partial charge in [0, 0.05) is 23.4 Å². The molecule has 1 aliphatic carbocycles. The molecule has 0 bridgehead atoms. The van der Waals surface area contributed by atoms with E-state index < -0.39 is 5.82 Å². The molecule has 3 rings (SSSR count). The molecule has 1 aliphatic rings. The van der Waals surface area contributed by atoms with Crippen LogP contribution in [0, 0.1) is 11.7 Å². The van der Waals surface area contributed by atoms with Gasteiger partial charge in [-0.3, -0.25) is 9.59 Å². The Morgan fingerprint density at radius 1 is 1.08 bits per heavy atom. The first-order valence-corrected chi connectivity index (χ1v) is 8.28. The zero-order valence-electron chi connectivity index (χ0n) is 14.3. The van der Waals surface area contributed by atoms with Gasteiger partial charge in [-0.05, 0) is 60.9 Å². The van der Waals surface area contributed by atoms with Crippen molar-refractivity contribution < 1.29 is 18.7 Å². The highest BCUT2D eigenvalue weighted by molar-refractivity contribution is 6.02. The maximum absolute atomic E-state index is 13.6. The Labute approximate surface area is 150 Å². The summed E-state index contributed by atoms with van der Waals surface area (Å²) in [6.07, 6.45) is 4.74. The summed E-state index contributed by atoms with van der Waals surface area (Å²) in [4.78, 5) is 23.7. The quantitative estimate of drug-likeness (QED) is 0.775. The number of amides is 2. The first-order valence-electron chi connectivity index (χ1n) is 8.28. The van der Waals surface area contributed by atoms with Gasteiger partial charge in [0.1, 0.15) is 0 Å². The Morgan fingerprint density at radius 3 is 2.31 bits per heavy atom. The number of ether oxygens (including phenoxy) is 1. The number of rotatable bonds is 6. The summed E-state index contributed by atoms with van der Waals surface area (Å²) in [7, 11) is 1.39. The van der Waals surface area contributed by atoms with Crippen molar-refractivity contribution in [2.45, 2.75) is 12.8 Å². The number of halogens is 1. The van der Waals surface area contributed by atoms with Crippen molar-refractivity contribution >= 4 is 29.3 Å². The Kier molecular flexibility index (Phi) is 5.31. The lowest BCUT2D eigenvalue weighted by molar-refractivity contribution is -0.117. The smallest absolute Gasteiger partial charge is 0.248 e. The predicted octanol–water partition coefficient (Wildman–Crippen LogP) is 3.83. The first kappa shape index (κ1) is 17.7. The monoisotopic (exact) mass is 354 g/mol. The summed E-state index contributed by atoms with van der Waals surface area (Å²) in [6, 6.07) is 11.3. The molecule has 0 saturated heterocycles. The number of benzene rings is 2. The molecular formula is C20H19FN2O3. The van der Waals surface area contributed by atoms with Crippen molar-refractivity contribution in [2.24, 2.45) is 5.92 Å². The van der Waals surface area contributed by atoms with E-state index in [1.807, 2.05) is 0 Å². The van der Waals surface area contributed by atoms with Gasteiger partial charge in [-0.15, -0.1) is 0 Å². The zero-order chi connectivity index (χ0) is 18.5. The highest BCUT2D eigenvalue weighted by Crippen LogP contribution is 2.30. The van der Waals surface area contributed by atoms with Crippen molar-refractivity contribution in [2.75, 3.05) is 17.7 Å². The number of anilines is 2. The predicted molar refractivity (Wildman–Crippen MR) is 98.4 cm³/mol. The van der Waals surface area contributed by atoms with E-state index in [-0.39, 0.29) is 23.5 Å². The summed E-state index contributed by atoms with van der Waals surface area (Å²) in [5.41, 5.74) is 1.85. The third-order valence-corrected chi connectivity index (χ3v) is 3.97. The van der Waals surface area contributed by atoms with E-state index in [1.165, 1.54) is 31.4 Å². The number of methoxy groups -OCH3 is 1. The van der Waals surface area contributed by atoms with Gasteiger partial charge in [0.2, 0.25) is 11.8 Å². The van der Waals surface area contributed by atoms with Crippen LogP contribution in [0.25, 0.3) is 6.08 Å². The van der Waals surface area contributed by atoms with Crippen LogP contribution in [0.3, 0.4) is 0 Å². The molecule has 6 heteroatoms. The van der Waals surface area contributed by atoms with Crippen LogP contribution in [-0.2, 0) is 9.59 Å². The second-order valence-corrected chi connectivity index (χ2v) is 6.06. The van der Waals surface area contributed by atoms with Crippen LogP contribution in [0.1, 0.15) is 18.4 Å². The second kappa shape index (κ2) is 7.82. The topological polar surface area (TPSA) is 67.4 Å². The SMILES string of the molecule is COc1ccc(/C=C/C(=O)Nc2ccc(NC(=O)C3CC3)cc2)cc1F. The molecule has 2 N–H and O–H groups in total. The molecule has 2 aromatic carbocycles. The Bertz CT molecular complexity index is 843. The second-order valence-electron chi connectivity index (χ2n) is 6.06. The maximum Gasteiger partial charge on any atom is 0.248 e. The van der Waals surface area contributed by atoms with Gasteiger partial charge in [-0.25, -0.2) is 4.39 Å². The van der Waals surface area contributed by atoms with Gasteiger partial charge < -0.3 is 15.4 Å². The highest BCUT2D eigenvalue weighted by atomic mass is 19.1. The summed E-state index contributed by atoms with van der Waals surface area (Å²) < 4.78 is 18.5. The standard InChI is InChI=1S/C20H19FN2O3/c1-26-18-10-2-13(12-17(18)21)3-11-19(24)22-15-6-8-16(9-7-15)23-20(25)14-4-5-14/h2-3,6-12,14H,4-5H2,1H3,(H,22,24)(H,23,25)/b11-3+. The fourth-order valence-electron chi connectivity index (χ4n) is 2.37. The van der Waals surface area contributed by atoms with Crippen molar-refractivity contribution in [1.82, 2.24) is 0 Å². The minimum atomic E-state index is -0.487. The lowest BCUT2D eigenvalue weighted by atomic mass is 10.2. The average Bonchev–Trinajstić information content (AvgIpc) is 3.47. The van der Waals surface area contributed by atoms with E-state index in [0.29, 0.717) is 16.9 Å². The molecule has 0 radical (unpaired) electrons. The van der Waals surface area contributed by atoms with Gasteiger partial charge >= 0.3 is 0 Å². The van der Waals surface area contributed by atoms with Crippen LogP contribution in [-0.4, -0.2) is 18.9 Å². The number of hydrogen-bond donors (Lipinski definition) is 2. The van der Waals surface area contributed by atoms with E-state index in [4.69, 9.17) is 4.74 Å². The van der Waals surface area contributed by atoms with Gasteiger partial charge in [0.05, 0.1) is 7.11 Å². The third-order valence-electron chi connectivity index (χ3n) is 3.97. The molecule has 5 nitrogen and oxygen atoms in total. The average molecular weight is 354 g/mol. The van der Waals surface area contributed by atoms with Crippen LogP contribution >= 0.6 is 0 Å². The van der Waals surface area contributed by atoms with Gasteiger partial charge in [-0.1, -0.05) is 6.07 Å². The van der Waals surface area contributed by atoms with Crippen molar-refractivity contribution in [3.8, 4) is 5.75 Å². The lowest BCUT2D eigenvalue weighted by Gasteiger charge is -2.06. The third kappa shape index (κ3) is 4.69. The Balaban J connectivity index is 1.55. The highest BCUT2D eigenvalue weighted by Gasteiger charge is 2.29. The minimum absolute atomic E-state index is 0.0384. The largest absolute Gasteiger partial charge is 0.494 e. The van der Waals surface area contributed by atoms with Gasteiger partial charge in [0.15, 0.2) is 11.6 Å². The van der Waals surface area contributed by atoms with E-state index >= 15 is 0 Å². The molecule has 0 unspecified atom stereocenters. The van der Waals surface area contributed by atoms with Crippen LogP contribution in [0.4, 0.5) is 15.8 Å². The van der Waals surface area contributed by atoms with E-state index in [2.05, 4.69) is 10.6 Å². The normalized spacial score (nSPS) is 13.5. The molecule has 1 fully saturated rings. The molecule has 2 aromatic rings. The van der Waals surface area contributed by atoms with Crippen molar-refractivity contribution in [3.63, 3.8) is 0 Å². The summed E-state index contributed by atoms with van der Waals surface area (Å²) in [5.74, 6) is -0.492. The Hall–Kier alpha value is -3.15. The zero-order valence-corrected chi connectivity index (χ0v) is 14.3. The number of carbonyl (C=O) groups is 2. The molecule has 2 amide bonds. The molecule has 1 saturated carbocycles. The van der Waals surface area contributed by atoms with Crippen LogP contribution < -0.4 is 15.4 Å². The molecule has 0 aliphatic heterocycles. The van der Waals surface area contributed by atoms with E-state index in [0.717, 1.165) is 12.8 Å². The van der Waals surface area contributed by atoms with Crippen LogP contribution in [0.15, 0.2) is 48.5 Å². The van der Waals surface area contributed by atoms with Gasteiger partial charge in [0.25, 0.3) is 0 Å². The minimum Gasteiger partial charge on any atom is -0.494 e. The molecule has 26 heavy (non-hydrogen) atoms. The summed E-state index contributed by atoms with van der Waals surface area (Å²) in [6.45, 7) is 0. The molecule has 0 spiro atoms. The summed E-state index contributed by atoms with van der Waals surface area (Å²) in [5, 5.41) is 5.54. The van der Waals surface area contributed by atoms with Crippen LogP contribution in [0.2, 0.25) is 0 Å². The first-order chi connectivity index (χ1) is 12.5. The fraction of sp³-hybridized carbons (Fsp3) is 0.200. The lowest BCUT2D eigenvalue weighted by Crippen LogP contribution is -2.13. The number of nitrogens with one attached hydrogen (secondary N) is 2. The Morgan fingerprint density at radius 2 is 1.73 bits per heavy atom. The maximum atomic E-state index is 13.6. The molecule has 0 atom stereocenters. The van der Waals surface area contributed by atoms with E-state index in [1.54, 1.807) is 30.3 Å². The fourth-order valence-corrected chi connectivity index (χ4v) is 2.37. The molecular weight excluding hydrogens is 335 g/mol. The van der Waals surface area contributed by atoms with E-state index in [9.17, 15) is 14.0 Å². The van der Waals surface area contributed by atoms with Crippen LogP contribution in [0.5, 0.6) is 5.75 Å². The number of hydrogen-bond acceptors (Lipinski definition) is 3. The van der Waals surface area contributed by atoms with Crippen molar-refractivity contribution in [3.05, 3.63) is 59.9 Å². The number of carbonyl (C=O) groups excluding carboxylic acids is 2.